The van der Waals surface area contributed by atoms with Crippen molar-refractivity contribution in [1.29, 1.82) is 0 Å². The number of likely N-dealkylation sites (N-methyl/N-ethyl adjacent to an activating group) is 1. The van der Waals surface area contributed by atoms with Crippen molar-refractivity contribution in [2.45, 2.75) is 64.1 Å². The van der Waals surface area contributed by atoms with Gasteiger partial charge in [-0.1, -0.05) is 26.7 Å². The van der Waals surface area contributed by atoms with E-state index in [-0.39, 0.29) is 11.6 Å². The molecular formula is C16H30N4. The van der Waals surface area contributed by atoms with Crippen LogP contribution in [-0.4, -0.2) is 34.1 Å². The fourth-order valence-electron chi connectivity index (χ4n) is 3.80. The van der Waals surface area contributed by atoms with E-state index in [1.54, 1.807) is 0 Å². The molecule has 0 amide bonds. The quantitative estimate of drug-likeness (QED) is 0.901. The lowest BCUT2D eigenvalue weighted by atomic mass is 9.71. The first-order valence-electron chi connectivity index (χ1n) is 7.95. The molecule has 20 heavy (non-hydrogen) atoms. The van der Waals surface area contributed by atoms with Crippen LogP contribution in [0, 0.1) is 5.92 Å². The highest BCUT2D eigenvalue weighted by Gasteiger charge is 2.44. The molecule has 1 fully saturated rings. The van der Waals surface area contributed by atoms with Crippen LogP contribution >= 0.6 is 0 Å². The second-order valence-electron chi connectivity index (χ2n) is 6.66. The molecule has 2 rings (SSSR count). The summed E-state index contributed by atoms with van der Waals surface area (Å²) in [5.74, 6) is 1.79. The summed E-state index contributed by atoms with van der Waals surface area (Å²) in [5, 5.41) is 0. The van der Waals surface area contributed by atoms with Crippen LogP contribution in [0.2, 0.25) is 0 Å². The van der Waals surface area contributed by atoms with Crippen molar-refractivity contribution in [2.24, 2.45) is 11.7 Å². The summed E-state index contributed by atoms with van der Waals surface area (Å²) in [6.07, 6.45) is 9.99. The second-order valence-corrected chi connectivity index (χ2v) is 6.66. The number of aryl methyl sites for hydroxylation is 1. The van der Waals surface area contributed by atoms with Crippen LogP contribution in [0.15, 0.2) is 12.4 Å². The average molecular weight is 278 g/mol. The van der Waals surface area contributed by atoms with Crippen molar-refractivity contribution < 1.29 is 0 Å². The fourth-order valence-corrected chi connectivity index (χ4v) is 3.80. The zero-order valence-electron chi connectivity index (χ0n) is 13.5. The number of hydrogen-bond donors (Lipinski definition) is 1. The molecule has 3 atom stereocenters. The molecule has 114 valence electrons. The molecule has 0 spiro atoms. The molecule has 2 N–H and O–H groups in total. The Bertz CT molecular complexity index is 426. The molecule has 1 aliphatic carbocycles. The average Bonchev–Trinajstić information content (AvgIpc) is 2.86. The molecule has 4 heteroatoms. The number of aromatic nitrogens is 2. The van der Waals surface area contributed by atoms with E-state index in [0.717, 1.165) is 24.7 Å². The van der Waals surface area contributed by atoms with E-state index >= 15 is 0 Å². The molecule has 1 aromatic rings. The Kier molecular flexibility index (Phi) is 4.86. The van der Waals surface area contributed by atoms with E-state index in [9.17, 15) is 0 Å². The van der Waals surface area contributed by atoms with Crippen LogP contribution in [0.5, 0.6) is 0 Å². The number of imidazole rings is 1. The van der Waals surface area contributed by atoms with Crippen molar-refractivity contribution in [3.63, 3.8) is 0 Å². The SMILES string of the molecule is CCCn1ccnc1C(N)C1(N(C)C)CCCC(C)C1. The van der Waals surface area contributed by atoms with Crippen molar-refractivity contribution in [3.05, 3.63) is 18.2 Å². The lowest BCUT2D eigenvalue weighted by molar-refractivity contribution is 0.0461. The lowest BCUT2D eigenvalue weighted by Gasteiger charge is -2.48. The van der Waals surface area contributed by atoms with Gasteiger partial charge in [-0.3, -0.25) is 0 Å². The van der Waals surface area contributed by atoms with E-state index in [4.69, 9.17) is 5.73 Å². The summed E-state index contributed by atoms with van der Waals surface area (Å²) in [6, 6.07) is -0.0122. The fraction of sp³-hybridized carbons (Fsp3) is 0.812. The Labute approximate surface area is 123 Å². The smallest absolute Gasteiger partial charge is 0.127 e. The molecular weight excluding hydrogens is 248 g/mol. The minimum absolute atomic E-state index is 0.0122. The van der Waals surface area contributed by atoms with Gasteiger partial charge in [-0.15, -0.1) is 0 Å². The summed E-state index contributed by atoms with van der Waals surface area (Å²) in [5.41, 5.74) is 6.77. The molecule has 0 radical (unpaired) electrons. The predicted octanol–water partition coefficient (Wildman–Crippen LogP) is 2.80. The van der Waals surface area contributed by atoms with Gasteiger partial charge in [0.1, 0.15) is 5.82 Å². The highest BCUT2D eigenvalue weighted by molar-refractivity contribution is 5.11. The standard InChI is InChI=1S/C16H30N4/c1-5-10-20-11-9-18-15(20)14(17)16(19(3)4)8-6-7-13(2)12-16/h9,11,13-14H,5-8,10,12,17H2,1-4H3. The molecule has 1 saturated carbocycles. The van der Waals surface area contributed by atoms with Crippen LogP contribution in [0.3, 0.4) is 0 Å². The number of hydrogen-bond acceptors (Lipinski definition) is 3. The third-order valence-electron chi connectivity index (χ3n) is 4.97. The molecule has 3 unspecified atom stereocenters. The van der Waals surface area contributed by atoms with Gasteiger partial charge in [0.05, 0.1) is 6.04 Å². The summed E-state index contributed by atoms with van der Waals surface area (Å²) in [6.45, 7) is 5.55. The Balaban J connectivity index is 2.31. The van der Waals surface area contributed by atoms with Gasteiger partial charge < -0.3 is 15.2 Å². The van der Waals surface area contributed by atoms with Gasteiger partial charge >= 0.3 is 0 Å². The van der Waals surface area contributed by atoms with E-state index in [1.165, 1.54) is 25.7 Å². The van der Waals surface area contributed by atoms with Crippen LogP contribution in [0.4, 0.5) is 0 Å². The third kappa shape index (κ3) is 2.77. The minimum Gasteiger partial charge on any atom is -0.334 e. The van der Waals surface area contributed by atoms with Crippen LogP contribution in [-0.2, 0) is 6.54 Å². The molecule has 0 aromatic carbocycles. The Hall–Kier alpha value is -0.870. The molecule has 0 aliphatic heterocycles. The maximum absolute atomic E-state index is 6.72. The highest BCUT2D eigenvalue weighted by atomic mass is 15.2. The minimum atomic E-state index is -0.0122. The summed E-state index contributed by atoms with van der Waals surface area (Å²) in [7, 11) is 4.34. The molecule has 1 aromatic heterocycles. The molecule has 0 bridgehead atoms. The second kappa shape index (κ2) is 6.27. The predicted molar refractivity (Wildman–Crippen MR) is 83.5 cm³/mol. The van der Waals surface area contributed by atoms with Crippen molar-refractivity contribution >= 4 is 0 Å². The van der Waals surface area contributed by atoms with Gasteiger partial charge in [-0.05, 0) is 39.3 Å². The summed E-state index contributed by atoms with van der Waals surface area (Å²) < 4.78 is 2.23. The van der Waals surface area contributed by atoms with Gasteiger partial charge in [0, 0.05) is 24.5 Å². The summed E-state index contributed by atoms with van der Waals surface area (Å²) in [4.78, 5) is 6.92. The Morgan fingerprint density at radius 1 is 1.55 bits per heavy atom. The lowest BCUT2D eigenvalue weighted by Crippen LogP contribution is -2.55. The first-order chi connectivity index (χ1) is 9.51. The van der Waals surface area contributed by atoms with Crippen molar-refractivity contribution in [1.82, 2.24) is 14.5 Å². The van der Waals surface area contributed by atoms with Gasteiger partial charge in [-0.2, -0.15) is 0 Å². The molecule has 1 heterocycles. The maximum Gasteiger partial charge on any atom is 0.127 e. The van der Waals surface area contributed by atoms with Crippen LogP contribution in [0.25, 0.3) is 0 Å². The van der Waals surface area contributed by atoms with E-state index in [2.05, 4.69) is 48.6 Å². The first kappa shape index (κ1) is 15.5. The molecule has 4 nitrogen and oxygen atoms in total. The molecule has 1 aliphatic rings. The number of nitrogens with two attached hydrogens (primary N) is 1. The number of rotatable bonds is 5. The third-order valence-corrected chi connectivity index (χ3v) is 4.97. The largest absolute Gasteiger partial charge is 0.334 e. The normalized spacial score (nSPS) is 28.8. The monoisotopic (exact) mass is 278 g/mol. The summed E-state index contributed by atoms with van der Waals surface area (Å²) >= 11 is 0. The van der Waals surface area contributed by atoms with Gasteiger partial charge in [-0.25, -0.2) is 4.98 Å². The Morgan fingerprint density at radius 2 is 2.30 bits per heavy atom. The number of nitrogens with zero attached hydrogens (tertiary/aromatic N) is 3. The highest BCUT2D eigenvalue weighted by Crippen LogP contribution is 2.42. The van der Waals surface area contributed by atoms with Crippen molar-refractivity contribution in [2.75, 3.05) is 14.1 Å². The topological polar surface area (TPSA) is 47.1 Å². The first-order valence-corrected chi connectivity index (χ1v) is 7.95. The van der Waals surface area contributed by atoms with Gasteiger partial charge in [0.25, 0.3) is 0 Å². The molecule has 0 saturated heterocycles. The van der Waals surface area contributed by atoms with Crippen LogP contribution in [0.1, 0.15) is 57.8 Å². The van der Waals surface area contributed by atoms with Gasteiger partial charge in [0.2, 0.25) is 0 Å². The zero-order chi connectivity index (χ0) is 14.8. The van der Waals surface area contributed by atoms with Crippen molar-refractivity contribution in [3.8, 4) is 0 Å². The Morgan fingerprint density at radius 3 is 2.90 bits per heavy atom. The van der Waals surface area contributed by atoms with Gasteiger partial charge in [0.15, 0.2) is 0 Å². The van der Waals surface area contributed by atoms with Crippen LogP contribution < -0.4 is 5.73 Å². The zero-order valence-corrected chi connectivity index (χ0v) is 13.5. The van der Waals surface area contributed by atoms with E-state index in [1.807, 2.05) is 6.20 Å². The van der Waals surface area contributed by atoms with E-state index in [0.29, 0.717) is 0 Å². The maximum atomic E-state index is 6.72. The van der Waals surface area contributed by atoms with E-state index < -0.39 is 0 Å².